The van der Waals surface area contributed by atoms with Gasteiger partial charge in [-0.1, -0.05) is 12.1 Å². The molecular formula is C19H18FNO4. The minimum atomic E-state index is -0.601. The molecule has 6 heteroatoms. The van der Waals surface area contributed by atoms with Gasteiger partial charge in [0, 0.05) is 12.1 Å². The Bertz CT molecular complexity index is 793. The number of fused-ring (bicyclic) bond motifs is 1. The number of nitrogens with zero attached hydrogens (tertiary/aromatic N) is 1. The summed E-state index contributed by atoms with van der Waals surface area (Å²) in [4.78, 5) is 14.6. The smallest absolute Gasteiger partial charge is 0.254 e. The molecule has 2 atom stereocenters. The van der Waals surface area contributed by atoms with Gasteiger partial charge in [0.1, 0.15) is 19.0 Å². The van der Waals surface area contributed by atoms with Gasteiger partial charge in [0.25, 0.3) is 5.91 Å². The molecule has 0 bridgehead atoms. The molecule has 2 aromatic rings. The molecule has 25 heavy (non-hydrogen) atoms. The highest BCUT2D eigenvalue weighted by Gasteiger charge is 2.36. The van der Waals surface area contributed by atoms with Crippen LogP contribution in [0.2, 0.25) is 0 Å². The van der Waals surface area contributed by atoms with Crippen molar-refractivity contribution in [3.8, 4) is 11.5 Å². The van der Waals surface area contributed by atoms with Crippen LogP contribution in [0.5, 0.6) is 11.5 Å². The van der Waals surface area contributed by atoms with E-state index in [1.54, 1.807) is 35.2 Å². The summed E-state index contributed by atoms with van der Waals surface area (Å²) in [5.41, 5.74) is 1.29. The van der Waals surface area contributed by atoms with Gasteiger partial charge in [-0.2, -0.15) is 0 Å². The van der Waals surface area contributed by atoms with Gasteiger partial charge in [-0.15, -0.1) is 0 Å². The van der Waals surface area contributed by atoms with Crippen molar-refractivity contribution in [1.82, 2.24) is 4.90 Å². The van der Waals surface area contributed by atoms with Gasteiger partial charge in [-0.3, -0.25) is 4.79 Å². The Morgan fingerprint density at radius 2 is 1.80 bits per heavy atom. The van der Waals surface area contributed by atoms with Gasteiger partial charge in [0.05, 0.1) is 12.1 Å². The van der Waals surface area contributed by atoms with Crippen molar-refractivity contribution >= 4 is 5.91 Å². The number of aliphatic hydroxyl groups excluding tert-OH is 1. The first kappa shape index (κ1) is 15.9. The molecule has 5 nitrogen and oxygen atoms in total. The number of ether oxygens (including phenoxy) is 2. The van der Waals surface area contributed by atoms with E-state index in [2.05, 4.69) is 0 Å². The summed E-state index contributed by atoms with van der Waals surface area (Å²) in [6.45, 7) is 1.19. The number of β-amino-alcohol motifs (C(OH)–C–C–N with tert-alkyl or cyclic N) is 1. The average molecular weight is 343 g/mol. The minimum absolute atomic E-state index is 0.192. The molecule has 130 valence electrons. The van der Waals surface area contributed by atoms with Gasteiger partial charge in [0.2, 0.25) is 0 Å². The van der Waals surface area contributed by atoms with Gasteiger partial charge in [0.15, 0.2) is 11.5 Å². The molecule has 1 amide bonds. The highest BCUT2D eigenvalue weighted by atomic mass is 19.1. The number of likely N-dealkylation sites (tertiary alicyclic amines) is 1. The number of hydrogen-bond acceptors (Lipinski definition) is 4. The Morgan fingerprint density at radius 1 is 1.08 bits per heavy atom. The molecule has 1 fully saturated rings. The Balaban J connectivity index is 1.62. The third kappa shape index (κ3) is 3.05. The lowest BCUT2D eigenvalue weighted by Crippen LogP contribution is -2.32. The van der Waals surface area contributed by atoms with E-state index in [9.17, 15) is 14.3 Å². The summed E-state index contributed by atoms with van der Waals surface area (Å²) in [5, 5.41) is 10.1. The summed E-state index contributed by atoms with van der Waals surface area (Å²) >= 11 is 0. The number of hydrogen-bond donors (Lipinski definition) is 1. The fourth-order valence-electron chi connectivity index (χ4n) is 3.38. The maximum atomic E-state index is 13.2. The topological polar surface area (TPSA) is 59.0 Å². The third-order valence-electron chi connectivity index (χ3n) is 4.58. The van der Waals surface area contributed by atoms with Crippen LogP contribution in [0.3, 0.4) is 0 Å². The van der Waals surface area contributed by atoms with Crippen LogP contribution in [0.4, 0.5) is 4.39 Å². The second-order valence-corrected chi connectivity index (χ2v) is 6.27. The van der Waals surface area contributed by atoms with Gasteiger partial charge >= 0.3 is 0 Å². The van der Waals surface area contributed by atoms with E-state index >= 15 is 0 Å². The summed E-state index contributed by atoms with van der Waals surface area (Å²) < 4.78 is 24.2. The standard InChI is InChI=1S/C19H18FNO4/c20-14-4-1-12(2-5-14)16-10-15(22)11-21(16)19(23)13-3-6-17-18(9-13)25-8-7-24-17/h1-6,9,15-16,22H,7-8,10-11H2/t15-,16+/m1/s1. The molecule has 2 aromatic carbocycles. The molecule has 2 aliphatic rings. The Hall–Kier alpha value is -2.60. The zero-order valence-corrected chi connectivity index (χ0v) is 13.5. The fourth-order valence-corrected chi connectivity index (χ4v) is 3.38. The zero-order chi connectivity index (χ0) is 17.4. The van der Waals surface area contributed by atoms with Crippen LogP contribution in [0, 0.1) is 5.82 Å². The average Bonchev–Trinajstić information content (AvgIpc) is 3.03. The molecule has 0 aromatic heterocycles. The number of aliphatic hydroxyl groups is 1. The summed E-state index contributed by atoms with van der Waals surface area (Å²) in [6.07, 6.45) is -0.168. The normalized spacial score (nSPS) is 22.1. The van der Waals surface area contributed by atoms with Crippen LogP contribution in [-0.2, 0) is 0 Å². The number of carbonyl (C=O) groups is 1. The van der Waals surface area contributed by atoms with Crippen LogP contribution in [0.25, 0.3) is 0 Å². The Labute approximate surface area is 144 Å². The molecular weight excluding hydrogens is 325 g/mol. The van der Waals surface area contributed by atoms with Crippen molar-refractivity contribution < 1.29 is 23.8 Å². The van der Waals surface area contributed by atoms with Crippen LogP contribution >= 0.6 is 0 Å². The number of benzene rings is 2. The molecule has 0 spiro atoms. The minimum Gasteiger partial charge on any atom is -0.486 e. The van der Waals surface area contributed by atoms with Crippen LogP contribution in [-0.4, -0.2) is 41.8 Å². The van der Waals surface area contributed by atoms with E-state index < -0.39 is 6.10 Å². The molecule has 1 saturated heterocycles. The molecule has 0 radical (unpaired) electrons. The quantitative estimate of drug-likeness (QED) is 0.910. The van der Waals surface area contributed by atoms with E-state index in [-0.39, 0.29) is 24.3 Å². The number of amides is 1. The molecule has 2 aliphatic heterocycles. The molecule has 2 heterocycles. The van der Waals surface area contributed by atoms with E-state index in [1.807, 2.05) is 0 Å². The SMILES string of the molecule is O=C(c1ccc2c(c1)OCCO2)N1C[C@H](O)C[C@H]1c1ccc(F)cc1. The second-order valence-electron chi connectivity index (χ2n) is 6.27. The second kappa shape index (κ2) is 6.37. The number of rotatable bonds is 2. The highest BCUT2D eigenvalue weighted by Crippen LogP contribution is 2.36. The van der Waals surface area contributed by atoms with Gasteiger partial charge < -0.3 is 19.5 Å². The van der Waals surface area contributed by atoms with E-state index in [1.165, 1.54) is 12.1 Å². The Morgan fingerprint density at radius 3 is 2.56 bits per heavy atom. The molecule has 1 N–H and O–H groups in total. The van der Waals surface area contributed by atoms with E-state index in [0.717, 1.165) is 5.56 Å². The monoisotopic (exact) mass is 343 g/mol. The van der Waals surface area contributed by atoms with Crippen molar-refractivity contribution in [3.63, 3.8) is 0 Å². The van der Waals surface area contributed by atoms with Crippen LogP contribution in [0.1, 0.15) is 28.4 Å². The lowest BCUT2D eigenvalue weighted by atomic mass is 10.0. The Kier molecular flexibility index (Phi) is 4.05. The first-order chi connectivity index (χ1) is 12.1. The summed E-state index contributed by atoms with van der Waals surface area (Å²) in [7, 11) is 0. The number of halogens is 1. The molecule has 0 aliphatic carbocycles. The third-order valence-corrected chi connectivity index (χ3v) is 4.58. The molecule has 4 rings (SSSR count). The highest BCUT2D eigenvalue weighted by molar-refractivity contribution is 5.95. The van der Waals surface area contributed by atoms with Crippen LogP contribution < -0.4 is 9.47 Å². The van der Waals surface area contributed by atoms with Crippen molar-refractivity contribution in [3.05, 3.63) is 59.4 Å². The predicted octanol–water partition coefficient (Wildman–Crippen LogP) is 2.55. The largest absolute Gasteiger partial charge is 0.486 e. The van der Waals surface area contributed by atoms with E-state index in [4.69, 9.17) is 9.47 Å². The number of carbonyl (C=O) groups excluding carboxylic acids is 1. The van der Waals surface area contributed by atoms with Gasteiger partial charge in [-0.25, -0.2) is 4.39 Å². The first-order valence-electron chi connectivity index (χ1n) is 8.26. The molecule has 0 saturated carbocycles. The predicted molar refractivity (Wildman–Crippen MR) is 88.2 cm³/mol. The van der Waals surface area contributed by atoms with Crippen molar-refractivity contribution in [2.75, 3.05) is 19.8 Å². The molecule has 0 unspecified atom stereocenters. The van der Waals surface area contributed by atoms with Crippen molar-refractivity contribution in [2.45, 2.75) is 18.6 Å². The maximum Gasteiger partial charge on any atom is 0.254 e. The van der Waals surface area contributed by atoms with Crippen molar-refractivity contribution in [1.29, 1.82) is 0 Å². The lowest BCUT2D eigenvalue weighted by molar-refractivity contribution is 0.0714. The van der Waals surface area contributed by atoms with Crippen LogP contribution in [0.15, 0.2) is 42.5 Å². The van der Waals surface area contributed by atoms with Gasteiger partial charge in [-0.05, 0) is 42.3 Å². The van der Waals surface area contributed by atoms with Crippen molar-refractivity contribution in [2.24, 2.45) is 0 Å². The van der Waals surface area contributed by atoms with E-state index in [0.29, 0.717) is 36.7 Å². The lowest BCUT2D eigenvalue weighted by Gasteiger charge is -2.26. The first-order valence-corrected chi connectivity index (χ1v) is 8.26. The maximum absolute atomic E-state index is 13.2. The fraction of sp³-hybridized carbons (Fsp3) is 0.316. The zero-order valence-electron chi connectivity index (χ0n) is 13.5. The summed E-state index contributed by atoms with van der Waals surface area (Å²) in [5.74, 6) is 0.657. The summed E-state index contributed by atoms with van der Waals surface area (Å²) in [6, 6.07) is 10.9.